The standard InChI is InChI=1S/C14H18N4O2S/c1-14(2-4-15-5-3-14)9-17-11(19)10-8-16-13-18(12(10)20)6-7-21-13/h6-8,15H,2-5,9H2,1H3,(H,17,19). The normalized spacial score (nSPS) is 17.8. The molecule has 3 heterocycles. The van der Waals surface area contributed by atoms with Gasteiger partial charge in [-0.1, -0.05) is 6.92 Å². The number of aromatic nitrogens is 2. The molecule has 1 aliphatic rings. The van der Waals surface area contributed by atoms with E-state index in [9.17, 15) is 9.59 Å². The summed E-state index contributed by atoms with van der Waals surface area (Å²) in [5, 5.41) is 7.98. The summed E-state index contributed by atoms with van der Waals surface area (Å²) >= 11 is 1.37. The molecular weight excluding hydrogens is 288 g/mol. The third-order valence-corrected chi connectivity index (χ3v) is 4.84. The number of hydrogen-bond donors (Lipinski definition) is 2. The average Bonchev–Trinajstić information content (AvgIpc) is 2.95. The van der Waals surface area contributed by atoms with Gasteiger partial charge in [-0.05, 0) is 31.3 Å². The first-order valence-electron chi connectivity index (χ1n) is 7.03. The number of fused-ring (bicyclic) bond motifs is 1. The first kappa shape index (κ1) is 14.2. The maximum absolute atomic E-state index is 12.2. The van der Waals surface area contributed by atoms with Gasteiger partial charge in [0.25, 0.3) is 11.5 Å². The van der Waals surface area contributed by atoms with Gasteiger partial charge in [-0.25, -0.2) is 4.98 Å². The van der Waals surface area contributed by atoms with E-state index in [-0.39, 0.29) is 22.4 Å². The van der Waals surface area contributed by atoms with Gasteiger partial charge in [0.05, 0.1) is 0 Å². The minimum absolute atomic E-state index is 0.0943. The fourth-order valence-corrected chi connectivity index (χ4v) is 3.25. The van der Waals surface area contributed by atoms with Crippen molar-refractivity contribution in [2.24, 2.45) is 5.41 Å². The monoisotopic (exact) mass is 306 g/mol. The van der Waals surface area contributed by atoms with Crippen molar-refractivity contribution in [1.29, 1.82) is 0 Å². The molecule has 1 aliphatic heterocycles. The van der Waals surface area contributed by atoms with Crippen LogP contribution in [0.15, 0.2) is 22.6 Å². The van der Waals surface area contributed by atoms with Crippen molar-refractivity contribution in [3.05, 3.63) is 33.7 Å². The van der Waals surface area contributed by atoms with Gasteiger partial charge >= 0.3 is 0 Å². The Morgan fingerprint density at radius 3 is 3.05 bits per heavy atom. The van der Waals surface area contributed by atoms with Crippen molar-refractivity contribution in [2.75, 3.05) is 19.6 Å². The maximum atomic E-state index is 12.2. The van der Waals surface area contributed by atoms with E-state index in [4.69, 9.17) is 0 Å². The topological polar surface area (TPSA) is 75.5 Å². The van der Waals surface area contributed by atoms with Crippen molar-refractivity contribution in [3.63, 3.8) is 0 Å². The minimum atomic E-state index is -0.340. The summed E-state index contributed by atoms with van der Waals surface area (Å²) in [5.41, 5.74) is -0.116. The molecule has 2 aromatic heterocycles. The smallest absolute Gasteiger partial charge is 0.271 e. The van der Waals surface area contributed by atoms with Crippen LogP contribution in [0.25, 0.3) is 4.96 Å². The van der Waals surface area contributed by atoms with E-state index in [0.29, 0.717) is 11.5 Å². The second-order valence-electron chi connectivity index (χ2n) is 5.78. The largest absolute Gasteiger partial charge is 0.351 e. The quantitative estimate of drug-likeness (QED) is 0.882. The Morgan fingerprint density at radius 2 is 2.29 bits per heavy atom. The van der Waals surface area contributed by atoms with Gasteiger partial charge in [-0.15, -0.1) is 11.3 Å². The van der Waals surface area contributed by atoms with Crippen LogP contribution in [0, 0.1) is 5.41 Å². The predicted octanol–water partition coefficient (Wildman–Crippen LogP) is 0.875. The molecule has 1 fully saturated rings. The summed E-state index contributed by atoms with van der Waals surface area (Å²) in [5.74, 6) is -0.340. The third kappa shape index (κ3) is 2.84. The van der Waals surface area contributed by atoms with Crippen LogP contribution in [-0.2, 0) is 0 Å². The van der Waals surface area contributed by atoms with Crippen molar-refractivity contribution in [2.45, 2.75) is 19.8 Å². The van der Waals surface area contributed by atoms with Gasteiger partial charge in [0.2, 0.25) is 0 Å². The Hall–Kier alpha value is -1.73. The number of nitrogens with zero attached hydrogens (tertiary/aromatic N) is 2. The zero-order valence-corrected chi connectivity index (χ0v) is 12.7. The average molecular weight is 306 g/mol. The molecule has 7 heteroatoms. The second kappa shape index (κ2) is 5.57. The van der Waals surface area contributed by atoms with E-state index in [0.717, 1.165) is 25.9 Å². The lowest BCUT2D eigenvalue weighted by Gasteiger charge is -2.34. The lowest BCUT2D eigenvalue weighted by molar-refractivity contribution is 0.0920. The molecule has 3 rings (SSSR count). The van der Waals surface area contributed by atoms with Crippen LogP contribution in [0.5, 0.6) is 0 Å². The Bertz CT molecular complexity index is 715. The number of rotatable bonds is 3. The zero-order chi connectivity index (χ0) is 14.9. The minimum Gasteiger partial charge on any atom is -0.351 e. The molecule has 2 N–H and O–H groups in total. The fourth-order valence-electron chi connectivity index (χ4n) is 2.58. The Balaban J connectivity index is 1.75. The van der Waals surface area contributed by atoms with Gasteiger partial charge in [0.1, 0.15) is 5.56 Å². The molecule has 21 heavy (non-hydrogen) atoms. The highest BCUT2D eigenvalue weighted by Crippen LogP contribution is 2.26. The molecule has 0 radical (unpaired) electrons. The number of piperidine rings is 1. The lowest BCUT2D eigenvalue weighted by Crippen LogP contribution is -2.43. The van der Waals surface area contributed by atoms with Crippen LogP contribution in [-0.4, -0.2) is 34.9 Å². The number of nitrogens with one attached hydrogen (secondary N) is 2. The molecule has 0 atom stereocenters. The Morgan fingerprint density at radius 1 is 1.52 bits per heavy atom. The highest BCUT2D eigenvalue weighted by molar-refractivity contribution is 7.15. The van der Waals surface area contributed by atoms with Crippen molar-refractivity contribution in [1.82, 2.24) is 20.0 Å². The first-order chi connectivity index (χ1) is 10.1. The van der Waals surface area contributed by atoms with Crippen LogP contribution in [0.4, 0.5) is 0 Å². The molecular formula is C14H18N4O2S. The molecule has 0 saturated carbocycles. The number of carbonyl (C=O) groups excluding carboxylic acids is 1. The van der Waals surface area contributed by atoms with Crippen LogP contribution in [0.3, 0.4) is 0 Å². The first-order valence-corrected chi connectivity index (χ1v) is 7.91. The molecule has 0 bridgehead atoms. The lowest BCUT2D eigenvalue weighted by atomic mass is 9.81. The number of thiazole rings is 1. The summed E-state index contributed by atoms with van der Waals surface area (Å²) in [7, 11) is 0. The van der Waals surface area contributed by atoms with E-state index in [1.165, 1.54) is 21.9 Å². The third-order valence-electron chi connectivity index (χ3n) is 4.07. The zero-order valence-electron chi connectivity index (χ0n) is 11.9. The van der Waals surface area contributed by atoms with Gasteiger partial charge in [0.15, 0.2) is 4.96 Å². The Labute approximate surface area is 126 Å². The highest BCUT2D eigenvalue weighted by Gasteiger charge is 2.27. The molecule has 0 spiro atoms. The Kier molecular flexibility index (Phi) is 3.77. The summed E-state index contributed by atoms with van der Waals surface area (Å²) in [6.07, 6.45) is 5.05. The van der Waals surface area contributed by atoms with E-state index in [2.05, 4.69) is 22.5 Å². The summed E-state index contributed by atoms with van der Waals surface area (Å²) in [4.78, 5) is 29.2. The van der Waals surface area contributed by atoms with Crippen molar-refractivity contribution < 1.29 is 4.79 Å². The van der Waals surface area contributed by atoms with E-state index >= 15 is 0 Å². The highest BCUT2D eigenvalue weighted by atomic mass is 32.1. The summed E-state index contributed by atoms with van der Waals surface area (Å²) < 4.78 is 1.41. The summed E-state index contributed by atoms with van der Waals surface area (Å²) in [6.45, 7) is 4.69. The molecule has 0 aromatic carbocycles. The van der Waals surface area contributed by atoms with Crippen molar-refractivity contribution in [3.8, 4) is 0 Å². The molecule has 2 aromatic rings. The van der Waals surface area contributed by atoms with Gasteiger partial charge in [0, 0.05) is 24.3 Å². The molecule has 1 amide bonds. The van der Waals surface area contributed by atoms with Gasteiger partial charge in [-0.2, -0.15) is 0 Å². The molecule has 6 nitrogen and oxygen atoms in total. The van der Waals surface area contributed by atoms with E-state index < -0.39 is 0 Å². The molecule has 112 valence electrons. The van der Waals surface area contributed by atoms with Gasteiger partial charge in [-0.3, -0.25) is 14.0 Å². The number of carbonyl (C=O) groups is 1. The molecule has 1 saturated heterocycles. The maximum Gasteiger partial charge on any atom is 0.271 e. The molecule has 0 aliphatic carbocycles. The number of amides is 1. The SMILES string of the molecule is CC1(CNC(=O)c2cnc3sccn3c2=O)CCNCC1. The fraction of sp³-hybridized carbons (Fsp3) is 0.500. The van der Waals surface area contributed by atoms with E-state index in [1.54, 1.807) is 11.6 Å². The second-order valence-corrected chi connectivity index (χ2v) is 6.65. The van der Waals surface area contributed by atoms with Crippen LogP contribution >= 0.6 is 11.3 Å². The molecule has 0 unspecified atom stereocenters. The predicted molar refractivity (Wildman–Crippen MR) is 81.9 cm³/mol. The number of hydrogen-bond acceptors (Lipinski definition) is 5. The van der Waals surface area contributed by atoms with Crippen LogP contribution in [0.2, 0.25) is 0 Å². The van der Waals surface area contributed by atoms with Gasteiger partial charge < -0.3 is 10.6 Å². The van der Waals surface area contributed by atoms with Crippen LogP contribution < -0.4 is 16.2 Å². The van der Waals surface area contributed by atoms with Crippen molar-refractivity contribution >= 4 is 22.2 Å². The summed E-state index contributed by atoms with van der Waals surface area (Å²) in [6, 6.07) is 0. The van der Waals surface area contributed by atoms with Crippen LogP contribution in [0.1, 0.15) is 30.1 Å². The van der Waals surface area contributed by atoms with E-state index in [1.807, 2.05) is 0 Å².